The minimum absolute atomic E-state index is 0.101. The highest BCUT2D eigenvalue weighted by molar-refractivity contribution is 5.73. The maximum Gasteiger partial charge on any atom is 0.311 e. The van der Waals surface area contributed by atoms with Crippen LogP contribution in [0.15, 0.2) is 23.0 Å². The molecule has 4 rings (SSSR count). The summed E-state index contributed by atoms with van der Waals surface area (Å²) in [6.07, 6.45) is -1.69. The number of likely N-dealkylation sites (N-methyl/N-ethyl adjacent to an activating group) is 1. The summed E-state index contributed by atoms with van der Waals surface area (Å²) in [5.74, 6) is -0.833. The predicted molar refractivity (Wildman–Crippen MR) is 181 cm³/mol. The second-order valence-corrected chi connectivity index (χ2v) is 15.6. The number of hydrogen-bond donors (Lipinski definition) is 2. The summed E-state index contributed by atoms with van der Waals surface area (Å²) in [5.41, 5.74) is 0.334. The summed E-state index contributed by atoms with van der Waals surface area (Å²) < 4.78 is 44.7. The fourth-order valence-corrected chi connectivity index (χ4v) is 8.33. The number of carbonyl (C=O) groups is 1. The molecule has 15 atom stereocenters. The molecule has 2 fully saturated rings. The monoisotopic (exact) mass is 681 g/mol. The predicted octanol–water partition coefficient (Wildman–Crippen LogP) is 4.73. The maximum atomic E-state index is 14.1. The third-order valence-electron chi connectivity index (χ3n) is 11.3. The van der Waals surface area contributed by atoms with Crippen molar-refractivity contribution in [1.29, 1.82) is 0 Å². The van der Waals surface area contributed by atoms with Crippen molar-refractivity contribution in [2.45, 2.75) is 167 Å². The molecule has 0 aromatic carbocycles. The van der Waals surface area contributed by atoms with Crippen molar-refractivity contribution in [3.05, 3.63) is 23.0 Å². The third-order valence-corrected chi connectivity index (χ3v) is 11.3. The molecule has 11 nitrogen and oxygen atoms in total. The quantitative estimate of drug-likeness (QED) is 0.363. The molecule has 0 aliphatic carbocycles. The zero-order chi connectivity index (χ0) is 35.9. The molecule has 0 unspecified atom stereocenters. The van der Waals surface area contributed by atoms with Gasteiger partial charge in [0.1, 0.15) is 24.1 Å². The van der Waals surface area contributed by atoms with Crippen LogP contribution in [0.1, 0.15) is 94.9 Å². The molecule has 11 heteroatoms. The first-order valence-electron chi connectivity index (χ1n) is 17.8. The molecular formula is C37H63NO10. The van der Waals surface area contributed by atoms with Crippen LogP contribution >= 0.6 is 0 Å². The minimum Gasteiger partial charge on any atom is -0.479 e. The first-order chi connectivity index (χ1) is 22.3. The van der Waals surface area contributed by atoms with Crippen molar-refractivity contribution in [2.75, 3.05) is 21.2 Å². The lowest BCUT2D eigenvalue weighted by atomic mass is 9.81. The second-order valence-electron chi connectivity index (χ2n) is 15.6. The SMILES string of the molecule is CC[C@H]1OC(=O)[C@H](C)[C@@H](O[C@H]2C[C@@](C)(OC)[C@@H](O)[C@H](C)O2)[C@H](C)[C@@H](O[C@@H]2O[C@H](C)C[C@H](N(C)C)[C@H]2O)[C@@H](C)C/C(C)=C2\O[C@]1(C)C=C2C. The zero-order valence-corrected chi connectivity index (χ0v) is 31.5. The van der Waals surface area contributed by atoms with Crippen LogP contribution in [0, 0.1) is 17.8 Å². The first kappa shape index (κ1) is 39.2. The molecule has 4 aliphatic rings. The highest BCUT2D eigenvalue weighted by Crippen LogP contribution is 2.42. The molecule has 4 aliphatic heterocycles. The van der Waals surface area contributed by atoms with Gasteiger partial charge in [-0.3, -0.25) is 4.79 Å². The minimum atomic E-state index is -0.912. The van der Waals surface area contributed by atoms with E-state index in [-0.39, 0.29) is 24.5 Å². The average Bonchev–Trinajstić information content (AvgIpc) is 3.34. The number of hydrogen-bond acceptors (Lipinski definition) is 11. The Morgan fingerprint density at radius 3 is 2.29 bits per heavy atom. The number of methoxy groups -OCH3 is 1. The Morgan fingerprint density at radius 2 is 1.69 bits per heavy atom. The zero-order valence-electron chi connectivity index (χ0n) is 31.5. The van der Waals surface area contributed by atoms with Gasteiger partial charge in [0, 0.05) is 25.5 Å². The Labute approximate surface area is 288 Å². The molecule has 0 spiro atoms. The molecule has 0 saturated carbocycles. The number of fused-ring (bicyclic) bond motifs is 2. The largest absolute Gasteiger partial charge is 0.479 e. The molecule has 2 N–H and O–H groups in total. The average molecular weight is 682 g/mol. The Bertz CT molecular complexity index is 1190. The van der Waals surface area contributed by atoms with Crippen LogP contribution in [0.25, 0.3) is 0 Å². The van der Waals surface area contributed by atoms with Crippen molar-refractivity contribution < 1.29 is 48.2 Å². The summed E-state index contributed by atoms with van der Waals surface area (Å²) in [7, 11) is 5.46. The van der Waals surface area contributed by atoms with Crippen molar-refractivity contribution in [1.82, 2.24) is 4.90 Å². The Hall–Kier alpha value is -1.57. The summed E-state index contributed by atoms with van der Waals surface area (Å²) >= 11 is 0. The molecule has 4 heterocycles. The highest BCUT2D eigenvalue weighted by atomic mass is 16.7. The van der Waals surface area contributed by atoms with Gasteiger partial charge in [0.15, 0.2) is 18.2 Å². The van der Waals surface area contributed by atoms with Crippen LogP contribution < -0.4 is 0 Å². The molecular weight excluding hydrogens is 618 g/mol. The van der Waals surface area contributed by atoms with Crippen LogP contribution in [-0.4, -0.2) is 115 Å². The first-order valence-corrected chi connectivity index (χ1v) is 17.8. The molecule has 0 radical (unpaired) electrons. The summed E-state index contributed by atoms with van der Waals surface area (Å²) in [6, 6.07) is -0.150. The highest BCUT2D eigenvalue weighted by Gasteiger charge is 2.50. The van der Waals surface area contributed by atoms with Gasteiger partial charge in [0.2, 0.25) is 0 Å². The van der Waals surface area contributed by atoms with Crippen LogP contribution in [0.5, 0.6) is 0 Å². The van der Waals surface area contributed by atoms with Gasteiger partial charge in [-0.2, -0.15) is 0 Å². The lowest BCUT2D eigenvalue weighted by Crippen LogP contribution is -2.58. The smallest absolute Gasteiger partial charge is 0.311 e. The van der Waals surface area contributed by atoms with Crippen LogP contribution in [0.2, 0.25) is 0 Å². The molecule has 48 heavy (non-hydrogen) atoms. The molecule has 0 amide bonds. The maximum absolute atomic E-state index is 14.1. The Balaban J connectivity index is 1.78. The second kappa shape index (κ2) is 15.4. The number of ether oxygens (including phenoxy) is 7. The van der Waals surface area contributed by atoms with Crippen LogP contribution in [0.3, 0.4) is 0 Å². The third kappa shape index (κ3) is 7.99. The van der Waals surface area contributed by atoms with E-state index in [0.717, 1.165) is 16.9 Å². The van der Waals surface area contributed by atoms with Crippen LogP contribution in [0.4, 0.5) is 0 Å². The molecule has 2 saturated heterocycles. The van der Waals surface area contributed by atoms with Gasteiger partial charge in [-0.05, 0) is 105 Å². The fourth-order valence-electron chi connectivity index (χ4n) is 8.33. The Morgan fingerprint density at radius 1 is 1.02 bits per heavy atom. The van der Waals surface area contributed by atoms with Gasteiger partial charge in [-0.1, -0.05) is 20.8 Å². The van der Waals surface area contributed by atoms with E-state index in [1.165, 1.54) is 0 Å². The lowest BCUT2D eigenvalue weighted by molar-refractivity contribution is -0.308. The van der Waals surface area contributed by atoms with Gasteiger partial charge in [-0.15, -0.1) is 0 Å². The van der Waals surface area contributed by atoms with Gasteiger partial charge in [0.25, 0.3) is 0 Å². The normalized spacial score (nSPS) is 47.8. The number of cyclic esters (lactones) is 1. The Kier molecular flexibility index (Phi) is 12.5. The van der Waals surface area contributed by atoms with Crippen molar-refractivity contribution in [3.63, 3.8) is 0 Å². The number of aliphatic hydroxyl groups excluding tert-OH is 2. The topological polar surface area (TPSA) is 125 Å². The number of nitrogens with zero attached hydrogens (tertiary/aromatic N) is 1. The van der Waals surface area contributed by atoms with Crippen LogP contribution in [-0.2, 0) is 38.0 Å². The van der Waals surface area contributed by atoms with E-state index in [4.69, 9.17) is 33.2 Å². The molecule has 0 aromatic rings. The molecule has 0 aromatic heterocycles. The lowest BCUT2D eigenvalue weighted by Gasteiger charge is -2.47. The van der Waals surface area contributed by atoms with Gasteiger partial charge in [-0.25, -0.2) is 0 Å². The summed E-state index contributed by atoms with van der Waals surface area (Å²) in [6.45, 7) is 19.6. The number of rotatable bonds is 7. The van der Waals surface area contributed by atoms with Gasteiger partial charge in [0.05, 0.1) is 35.9 Å². The molecule has 2 bridgehead atoms. The van der Waals surface area contributed by atoms with E-state index in [1.807, 2.05) is 67.5 Å². The summed E-state index contributed by atoms with van der Waals surface area (Å²) in [4.78, 5) is 16.1. The fraction of sp³-hybridized carbons (Fsp3) is 0.865. The van der Waals surface area contributed by atoms with Crippen molar-refractivity contribution >= 4 is 5.97 Å². The van der Waals surface area contributed by atoms with Crippen molar-refractivity contribution in [2.24, 2.45) is 17.8 Å². The summed E-state index contributed by atoms with van der Waals surface area (Å²) in [5, 5.41) is 22.4. The molecule has 276 valence electrons. The number of esters is 1. The van der Waals surface area contributed by atoms with E-state index in [9.17, 15) is 15.0 Å². The number of carbonyl (C=O) groups excluding carboxylic acids is 1. The number of allylic oxidation sites excluding steroid dienone is 2. The van der Waals surface area contributed by atoms with E-state index in [2.05, 4.69) is 19.9 Å². The van der Waals surface area contributed by atoms with Gasteiger partial charge >= 0.3 is 5.97 Å². The number of aliphatic hydroxyl groups is 2. The van der Waals surface area contributed by atoms with Gasteiger partial charge < -0.3 is 48.3 Å². The van der Waals surface area contributed by atoms with E-state index in [1.54, 1.807) is 14.0 Å². The standard InChI is InChI=1S/C37H63NO10/c1-14-27-36(9)17-21(4)30(48-36)19(2)15-20(3)31(47-35-29(39)26(38(11)12)16-22(5)43-35)23(6)32(24(7)34(41)45-27)46-28-18-37(10,42-13)33(40)25(8)44-28/h17,20,22-29,31-33,35,39-40H,14-16,18H2,1-13H3/b30-19-/t20-,22+,23+,24+,25-,26-,27+,28-,29+,31-,32-,33-,35-,36+,37+/m0/s1. The van der Waals surface area contributed by atoms with E-state index < -0.39 is 78.2 Å². The van der Waals surface area contributed by atoms with E-state index in [0.29, 0.717) is 19.3 Å². The van der Waals surface area contributed by atoms with E-state index >= 15 is 0 Å². The van der Waals surface area contributed by atoms with Crippen molar-refractivity contribution in [3.8, 4) is 0 Å².